The van der Waals surface area contributed by atoms with Crippen molar-refractivity contribution < 1.29 is 0 Å². The summed E-state index contributed by atoms with van der Waals surface area (Å²) in [6.07, 6.45) is 9.36. The Labute approximate surface area is 114 Å². The van der Waals surface area contributed by atoms with Gasteiger partial charge in [0, 0.05) is 31.6 Å². The number of hydrogen-bond donors (Lipinski definition) is 1. The molecule has 2 aliphatic rings. The Morgan fingerprint density at radius 3 is 2.89 bits per heavy atom. The van der Waals surface area contributed by atoms with Gasteiger partial charge < -0.3 is 10.2 Å². The Bertz CT molecular complexity index is 434. The van der Waals surface area contributed by atoms with E-state index < -0.39 is 0 Å². The zero-order chi connectivity index (χ0) is 13.1. The van der Waals surface area contributed by atoms with Crippen LogP contribution in [-0.2, 0) is 0 Å². The van der Waals surface area contributed by atoms with Gasteiger partial charge in [-0.25, -0.2) is 0 Å². The molecule has 0 unspecified atom stereocenters. The molecule has 0 aromatic carbocycles. The Balaban J connectivity index is 1.55. The van der Waals surface area contributed by atoms with Gasteiger partial charge in [-0.3, -0.25) is 0 Å². The van der Waals surface area contributed by atoms with Crippen molar-refractivity contribution in [3.05, 3.63) is 24.9 Å². The molecule has 19 heavy (non-hydrogen) atoms. The van der Waals surface area contributed by atoms with Crippen molar-refractivity contribution in [1.82, 2.24) is 10.2 Å². The molecule has 1 aliphatic carbocycles. The van der Waals surface area contributed by atoms with E-state index in [0.29, 0.717) is 5.92 Å². The van der Waals surface area contributed by atoms with Crippen LogP contribution in [0.5, 0.6) is 0 Å². The summed E-state index contributed by atoms with van der Waals surface area (Å²) >= 11 is 0. The largest absolute Gasteiger partial charge is 0.369 e. The molecule has 1 saturated carbocycles. The normalized spacial score (nSPS) is 20.3. The van der Waals surface area contributed by atoms with Crippen LogP contribution in [0.2, 0.25) is 0 Å². The average Bonchev–Trinajstić information content (AvgIpc) is 2.89. The molecule has 0 bridgehead atoms. The van der Waals surface area contributed by atoms with E-state index in [-0.39, 0.29) is 0 Å². The van der Waals surface area contributed by atoms with Gasteiger partial charge in [0.15, 0.2) is 5.82 Å². The fourth-order valence-corrected chi connectivity index (χ4v) is 2.95. The summed E-state index contributed by atoms with van der Waals surface area (Å²) < 4.78 is 0. The maximum atomic E-state index is 4.17. The van der Waals surface area contributed by atoms with E-state index in [4.69, 9.17) is 0 Å². The summed E-state index contributed by atoms with van der Waals surface area (Å²) in [4.78, 5) is 2.32. The Morgan fingerprint density at radius 2 is 2.16 bits per heavy atom. The maximum absolute atomic E-state index is 4.17. The number of nitrogens with zero attached hydrogens (tertiary/aromatic N) is 3. The molecule has 1 aromatic rings. The predicted octanol–water partition coefficient (Wildman–Crippen LogP) is 2.70. The highest BCUT2D eigenvalue weighted by molar-refractivity contribution is 5.54. The van der Waals surface area contributed by atoms with Gasteiger partial charge in [0.1, 0.15) is 0 Å². The van der Waals surface area contributed by atoms with E-state index in [1.807, 2.05) is 12.3 Å². The average molecular weight is 258 g/mol. The van der Waals surface area contributed by atoms with Crippen LogP contribution in [0.4, 0.5) is 11.5 Å². The Morgan fingerprint density at radius 1 is 1.37 bits per heavy atom. The lowest BCUT2D eigenvalue weighted by molar-refractivity contribution is 0.494. The smallest absolute Gasteiger partial charge is 0.150 e. The van der Waals surface area contributed by atoms with Gasteiger partial charge in [-0.15, -0.1) is 11.7 Å². The quantitative estimate of drug-likeness (QED) is 0.824. The monoisotopic (exact) mass is 258 g/mol. The third kappa shape index (κ3) is 2.88. The van der Waals surface area contributed by atoms with Gasteiger partial charge in [0.05, 0.1) is 11.9 Å². The van der Waals surface area contributed by atoms with Crippen molar-refractivity contribution in [1.29, 1.82) is 0 Å². The van der Waals surface area contributed by atoms with Crippen molar-refractivity contribution in [2.75, 3.05) is 29.9 Å². The first kappa shape index (κ1) is 12.5. The van der Waals surface area contributed by atoms with Crippen LogP contribution in [-0.4, -0.2) is 29.8 Å². The molecular formula is C15H22N4. The van der Waals surface area contributed by atoms with Crippen molar-refractivity contribution >= 4 is 11.5 Å². The van der Waals surface area contributed by atoms with E-state index in [0.717, 1.165) is 31.4 Å². The molecule has 4 nitrogen and oxygen atoms in total. The Hall–Kier alpha value is -1.58. The summed E-state index contributed by atoms with van der Waals surface area (Å²) in [5.74, 6) is 2.36. The van der Waals surface area contributed by atoms with Gasteiger partial charge in [-0.1, -0.05) is 18.9 Å². The minimum Gasteiger partial charge on any atom is -0.369 e. The maximum Gasteiger partial charge on any atom is 0.150 e. The van der Waals surface area contributed by atoms with Gasteiger partial charge in [0.2, 0.25) is 0 Å². The first-order chi connectivity index (χ1) is 9.35. The molecule has 2 heterocycles. The lowest BCUT2D eigenvalue weighted by Crippen LogP contribution is -2.45. The van der Waals surface area contributed by atoms with Crippen molar-refractivity contribution in [2.24, 2.45) is 11.8 Å². The highest BCUT2D eigenvalue weighted by Gasteiger charge is 2.24. The van der Waals surface area contributed by atoms with Gasteiger partial charge >= 0.3 is 0 Å². The predicted molar refractivity (Wildman–Crippen MR) is 78.4 cm³/mol. The van der Waals surface area contributed by atoms with E-state index in [2.05, 4.69) is 33.1 Å². The second-order valence-corrected chi connectivity index (χ2v) is 5.73. The first-order valence-corrected chi connectivity index (χ1v) is 7.29. The molecule has 0 radical (unpaired) electrons. The lowest BCUT2D eigenvalue weighted by atomic mass is 10.0. The van der Waals surface area contributed by atoms with E-state index in [9.17, 15) is 0 Å². The molecule has 0 amide bonds. The molecule has 1 aliphatic heterocycles. The second-order valence-electron chi connectivity index (χ2n) is 5.73. The van der Waals surface area contributed by atoms with Crippen molar-refractivity contribution in [3.63, 3.8) is 0 Å². The minimum atomic E-state index is 0.628. The molecule has 1 N–H and O–H groups in total. The van der Waals surface area contributed by atoms with Crippen LogP contribution in [0.25, 0.3) is 0 Å². The topological polar surface area (TPSA) is 41.1 Å². The molecule has 3 rings (SSSR count). The summed E-state index contributed by atoms with van der Waals surface area (Å²) in [6.45, 7) is 6.98. The van der Waals surface area contributed by atoms with Gasteiger partial charge in [0.25, 0.3) is 0 Å². The number of nitrogens with one attached hydrogen (secondary N) is 1. The third-order valence-corrected chi connectivity index (χ3v) is 4.29. The molecule has 102 valence electrons. The number of hydrogen-bond acceptors (Lipinski definition) is 4. The number of anilines is 2. The van der Waals surface area contributed by atoms with Crippen molar-refractivity contribution in [3.8, 4) is 0 Å². The van der Waals surface area contributed by atoms with Gasteiger partial charge in [-0.05, 0) is 18.8 Å². The summed E-state index contributed by atoms with van der Waals surface area (Å²) in [5.41, 5.74) is 1.17. The van der Waals surface area contributed by atoms with E-state index in [1.54, 1.807) is 0 Å². The minimum absolute atomic E-state index is 0.628. The summed E-state index contributed by atoms with van der Waals surface area (Å²) in [5, 5.41) is 11.7. The van der Waals surface area contributed by atoms with Crippen LogP contribution in [0.1, 0.15) is 25.7 Å². The van der Waals surface area contributed by atoms with Crippen LogP contribution in [0.3, 0.4) is 0 Å². The zero-order valence-electron chi connectivity index (χ0n) is 11.4. The first-order valence-electron chi connectivity index (χ1n) is 7.29. The lowest BCUT2D eigenvalue weighted by Gasteiger charge is -2.39. The van der Waals surface area contributed by atoms with Crippen molar-refractivity contribution in [2.45, 2.75) is 25.7 Å². The zero-order valence-corrected chi connectivity index (χ0v) is 11.4. The second kappa shape index (κ2) is 5.59. The summed E-state index contributed by atoms with van der Waals surface area (Å²) in [7, 11) is 0. The fraction of sp³-hybridized carbons (Fsp3) is 0.600. The van der Waals surface area contributed by atoms with E-state index >= 15 is 0 Å². The number of rotatable bonds is 5. The molecule has 1 saturated heterocycles. The molecular weight excluding hydrogens is 236 g/mol. The fourth-order valence-electron chi connectivity index (χ4n) is 2.95. The SMILES string of the molecule is C=CC1CN(c2cnnc(NCC3CCCC3)c2)C1. The molecule has 0 atom stereocenters. The molecule has 1 aromatic heterocycles. The molecule has 4 heteroatoms. The standard InChI is InChI=1S/C15H22N4/c1-2-12-10-19(11-12)14-7-15(18-17-9-14)16-8-13-5-3-4-6-13/h2,7,9,12-13H,1,3-6,8,10-11H2,(H,16,18). The van der Waals surface area contributed by atoms with Crippen LogP contribution >= 0.6 is 0 Å². The van der Waals surface area contributed by atoms with Crippen LogP contribution in [0.15, 0.2) is 24.9 Å². The third-order valence-electron chi connectivity index (χ3n) is 4.29. The highest BCUT2D eigenvalue weighted by Crippen LogP contribution is 2.27. The Kier molecular flexibility index (Phi) is 3.67. The van der Waals surface area contributed by atoms with Gasteiger partial charge in [-0.2, -0.15) is 5.10 Å². The number of aromatic nitrogens is 2. The highest BCUT2D eigenvalue weighted by atomic mass is 15.2. The summed E-state index contributed by atoms with van der Waals surface area (Å²) in [6, 6.07) is 2.11. The van der Waals surface area contributed by atoms with Crippen LogP contribution < -0.4 is 10.2 Å². The molecule has 0 spiro atoms. The van der Waals surface area contributed by atoms with Crippen LogP contribution in [0, 0.1) is 11.8 Å². The van der Waals surface area contributed by atoms with E-state index in [1.165, 1.54) is 31.4 Å². The molecule has 2 fully saturated rings.